The van der Waals surface area contributed by atoms with Crippen LogP contribution in [0.1, 0.15) is 25.8 Å². The lowest BCUT2D eigenvalue weighted by molar-refractivity contribution is -0.139. The van der Waals surface area contributed by atoms with E-state index in [0.29, 0.717) is 23.6 Å². The summed E-state index contributed by atoms with van der Waals surface area (Å²) in [5, 5.41) is 3.14. The Kier molecular flexibility index (Phi) is 5.42. The molecule has 0 aliphatic carbocycles. The molecule has 0 bridgehead atoms. The van der Waals surface area contributed by atoms with Crippen LogP contribution in [0.3, 0.4) is 0 Å². The number of benzene rings is 1. The number of amides is 4. The fraction of sp³-hybridized carbons (Fsp3) is 0.500. The molecule has 4 amide bonds. The van der Waals surface area contributed by atoms with Crippen LogP contribution in [0.2, 0.25) is 5.02 Å². The number of carbonyl (C=O) groups excluding carboxylic acids is 3. The van der Waals surface area contributed by atoms with E-state index in [9.17, 15) is 22.8 Å². The molecular weight excluding hydrogens is 406 g/mol. The second kappa shape index (κ2) is 7.36. The standard InChI is InChI=1S/C18H22ClN3O5S/c1-3-21(14-8-9-28(26,27)11-14)15(23)10-22-16(24)18(2,20-17(22)25)12-4-6-13(19)7-5-12/h4-7,14H,3,8-11H2,1-2H3,(H,20,25). The van der Waals surface area contributed by atoms with Crippen molar-refractivity contribution < 1.29 is 22.8 Å². The van der Waals surface area contributed by atoms with Crippen LogP contribution in [0.25, 0.3) is 0 Å². The molecule has 8 nitrogen and oxygen atoms in total. The van der Waals surface area contributed by atoms with Gasteiger partial charge in [0.05, 0.1) is 11.5 Å². The number of halogens is 1. The van der Waals surface area contributed by atoms with Gasteiger partial charge in [0.25, 0.3) is 5.91 Å². The number of sulfone groups is 1. The summed E-state index contributed by atoms with van der Waals surface area (Å²) >= 11 is 5.88. The van der Waals surface area contributed by atoms with E-state index in [1.54, 1.807) is 38.1 Å². The normalized spacial score (nSPS) is 26.4. The smallest absolute Gasteiger partial charge is 0.325 e. The van der Waals surface area contributed by atoms with Crippen molar-refractivity contribution in [3.8, 4) is 0 Å². The summed E-state index contributed by atoms with van der Waals surface area (Å²) in [6.45, 7) is 3.18. The Hall–Kier alpha value is -2.13. The third kappa shape index (κ3) is 3.73. The monoisotopic (exact) mass is 427 g/mol. The lowest BCUT2D eigenvalue weighted by Crippen LogP contribution is -2.48. The predicted octanol–water partition coefficient (Wildman–Crippen LogP) is 1.14. The van der Waals surface area contributed by atoms with E-state index in [0.717, 1.165) is 4.90 Å². The van der Waals surface area contributed by atoms with Crippen LogP contribution in [0.5, 0.6) is 0 Å². The molecule has 2 unspecified atom stereocenters. The van der Waals surface area contributed by atoms with Gasteiger partial charge in [0, 0.05) is 17.6 Å². The fourth-order valence-electron chi connectivity index (χ4n) is 3.70. The Labute approximate surface area is 168 Å². The largest absolute Gasteiger partial charge is 0.337 e. The third-order valence-corrected chi connectivity index (χ3v) is 7.30. The van der Waals surface area contributed by atoms with Crippen LogP contribution in [0, 0.1) is 0 Å². The van der Waals surface area contributed by atoms with E-state index in [4.69, 9.17) is 11.6 Å². The number of hydrogen-bond donors (Lipinski definition) is 1. The fourth-order valence-corrected chi connectivity index (χ4v) is 5.56. The van der Waals surface area contributed by atoms with Crippen molar-refractivity contribution in [1.82, 2.24) is 15.1 Å². The highest BCUT2D eigenvalue weighted by atomic mass is 35.5. The average molecular weight is 428 g/mol. The number of rotatable bonds is 5. The van der Waals surface area contributed by atoms with Gasteiger partial charge in [0.2, 0.25) is 5.91 Å². The lowest BCUT2D eigenvalue weighted by atomic mass is 9.92. The third-order valence-electron chi connectivity index (χ3n) is 5.30. The number of nitrogens with one attached hydrogen (secondary N) is 1. The van der Waals surface area contributed by atoms with Crippen LogP contribution in [-0.4, -0.2) is 66.7 Å². The van der Waals surface area contributed by atoms with Crippen LogP contribution in [0.15, 0.2) is 24.3 Å². The number of hydrogen-bond acceptors (Lipinski definition) is 5. The Morgan fingerprint density at radius 3 is 2.50 bits per heavy atom. The summed E-state index contributed by atoms with van der Waals surface area (Å²) < 4.78 is 23.4. The molecule has 152 valence electrons. The maximum atomic E-state index is 12.9. The van der Waals surface area contributed by atoms with Gasteiger partial charge in [-0.25, -0.2) is 13.2 Å². The summed E-state index contributed by atoms with van der Waals surface area (Å²) in [5.74, 6) is -1.04. The van der Waals surface area contributed by atoms with E-state index in [2.05, 4.69) is 5.32 Å². The Balaban J connectivity index is 1.76. The van der Waals surface area contributed by atoms with Gasteiger partial charge in [-0.05, 0) is 38.0 Å². The number of carbonyl (C=O) groups is 3. The molecule has 0 saturated carbocycles. The molecule has 3 rings (SSSR count). The maximum absolute atomic E-state index is 12.9. The van der Waals surface area contributed by atoms with Crippen LogP contribution < -0.4 is 5.32 Å². The van der Waals surface area contributed by atoms with Crippen molar-refractivity contribution in [2.45, 2.75) is 31.8 Å². The summed E-state index contributed by atoms with van der Waals surface area (Å²) in [6.07, 6.45) is 0.366. The Morgan fingerprint density at radius 1 is 1.32 bits per heavy atom. The molecular formula is C18H22ClN3O5S. The zero-order chi connectivity index (χ0) is 20.7. The van der Waals surface area contributed by atoms with E-state index in [-0.39, 0.29) is 11.5 Å². The van der Waals surface area contributed by atoms with Gasteiger partial charge < -0.3 is 10.2 Å². The minimum Gasteiger partial charge on any atom is -0.337 e. The molecule has 1 aromatic rings. The highest BCUT2D eigenvalue weighted by molar-refractivity contribution is 7.91. The summed E-state index contributed by atoms with van der Waals surface area (Å²) in [4.78, 5) is 40.4. The molecule has 28 heavy (non-hydrogen) atoms. The minimum atomic E-state index is -3.16. The Bertz CT molecular complexity index is 918. The molecule has 2 saturated heterocycles. The SMILES string of the molecule is CCN(C(=O)CN1C(=O)NC(C)(c2ccc(Cl)cc2)C1=O)C1CCS(=O)(=O)C1. The molecule has 10 heteroatoms. The van der Waals surface area contributed by atoms with E-state index in [1.807, 2.05) is 0 Å². The van der Waals surface area contributed by atoms with Gasteiger partial charge in [-0.3, -0.25) is 14.5 Å². The first-order chi connectivity index (χ1) is 13.1. The van der Waals surface area contributed by atoms with Gasteiger partial charge >= 0.3 is 6.03 Å². The van der Waals surface area contributed by atoms with Crippen molar-refractivity contribution >= 4 is 39.3 Å². The Morgan fingerprint density at radius 2 is 1.96 bits per heavy atom. The van der Waals surface area contributed by atoms with Crippen molar-refractivity contribution in [3.05, 3.63) is 34.9 Å². The molecule has 2 fully saturated rings. The first-order valence-electron chi connectivity index (χ1n) is 8.97. The van der Waals surface area contributed by atoms with Gasteiger partial charge in [0.1, 0.15) is 12.1 Å². The molecule has 0 radical (unpaired) electrons. The maximum Gasteiger partial charge on any atom is 0.325 e. The van der Waals surface area contributed by atoms with Crippen LogP contribution in [0.4, 0.5) is 4.79 Å². The molecule has 0 spiro atoms. The molecule has 2 atom stereocenters. The second-order valence-corrected chi connectivity index (χ2v) is 9.86. The molecule has 1 aromatic carbocycles. The molecule has 1 N–H and O–H groups in total. The number of urea groups is 1. The van der Waals surface area contributed by atoms with Crippen molar-refractivity contribution in [2.24, 2.45) is 0 Å². The second-order valence-electron chi connectivity index (χ2n) is 7.19. The highest BCUT2D eigenvalue weighted by Crippen LogP contribution is 2.30. The van der Waals surface area contributed by atoms with Gasteiger partial charge in [0.15, 0.2) is 9.84 Å². The predicted molar refractivity (Wildman–Crippen MR) is 103 cm³/mol. The highest BCUT2D eigenvalue weighted by Gasteiger charge is 2.50. The van der Waals surface area contributed by atoms with Crippen molar-refractivity contribution in [1.29, 1.82) is 0 Å². The number of likely N-dealkylation sites (N-methyl/N-ethyl adjacent to an activating group) is 1. The first-order valence-corrected chi connectivity index (χ1v) is 11.2. The first kappa shape index (κ1) is 20.6. The quantitative estimate of drug-likeness (QED) is 0.709. The summed E-state index contributed by atoms with van der Waals surface area (Å²) in [5.41, 5.74) is -0.741. The number of nitrogens with zero attached hydrogens (tertiary/aromatic N) is 2. The number of imide groups is 1. The van der Waals surface area contributed by atoms with E-state index >= 15 is 0 Å². The van der Waals surface area contributed by atoms with E-state index < -0.39 is 45.8 Å². The minimum absolute atomic E-state index is 0.0409. The van der Waals surface area contributed by atoms with Gasteiger partial charge in [-0.2, -0.15) is 0 Å². The van der Waals surface area contributed by atoms with Crippen LogP contribution in [-0.2, 0) is 25.0 Å². The van der Waals surface area contributed by atoms with Crippen molar-refractivity contribution in [2.75, 3.05) is 24.6 Å². The molecule has 2 aliphatic heterocycles. The topological polar surface area (TPSA) is 104 Å². The molecule has 2 aliphatic rings. The zero-order valence-electron chi connectivity index (χ0n) is 15.6. The van der Waals surface area contributed by atoms with Gasteiger partial charge in [-0.1, -0.05) is 23.7 Å². The lowest BCUT2D eigenvalue weighted by Gasteiger charge is -2.28. The molecule has 0 aromatic heterocycles. The van der Waals surface area contributed by atoms with E-state index in [1.165, 1.54) is 4.90 Å². The zero-order valence-corrected chi connectivity index (χ0v) is 17.2. The van der Waals surface area contributed by atoms with Crippen molar-refractivity contribution in [3.63, 3.8) is 0 Å². The molecule has 2 heterocycles. The van der Waals surface area contributed by atoms with Gasteiger partial charge in [-0.15, -0.1) is 0 Å². The summed E-state index contributed by atoms with van der Waals surface area (Å²) in [7, 11) is -3.16. The average Bonchev–Trinajstić information content (AvgIpc) is 3.08. The summed E-state index contributed by atoms with van der Waals surface area (Å²) in [6, 6.07) is 5.45. The van der Waals surface area contributed by atoms with Crippen LogP contribution >= 0.6 is 11.6 Å².